The van der Waals surface area contributed by atoms with Gasteiger partial charge in [-0.2, -0.15) is 4.31 Å². The predicted octanol–water partition coefficient (Wildman–Crippen LogP) is 2.82. The van der Waals surface area contributed by atoms with E-state index in [2.05, 4.69) is 20.8 Å². The number of nitrogens with one attached hydrogen (secondary N) is 2. The zero-order chi connectivity index (χ0) is 21.8. The van der Waals surface area contributed by atoms with Crippen molar-refractivity contribution in [2.45, 2.75) is 55.9 Å². The molecule has 2 fully saturated rings. The topological polar surface area (TPSA) is 104 Å². The Kier molecular flexibility index (Phi) is 7.00. The molecule has 10 heteroatoms. The van der Waals surface area contributed by atoms with Crippen LogP contribution < -0.4 is 10.6 Å². The summed E-state index contributed by atoms with van der Waals surface area (Å²) in [6, 6.07) is 6.77. The minimum Gasteiger partial charge on any atom is -0.314 e. The number of sulfonamides is 1. The second-order valence-electron chi connectivity index (χ2n) is 8.41. The van der Waals surface area contributed by atoms with E-state index in [1.54, 1.807) is 34.1 Å². The molecule has 0 bridgehead atoms. The smallest absolute Gasteiger partial charge is 0.243 e. The number of nitrogens with zero attached hydrogens (tertiary/aromatic N) is 3. The van der Waals surface area contributed by atoms with Gasteiger partial charge in [0.25, 0.3) is 0 Å². The molecule has 31 heavy (non-hydrogen) atoms. The number of amides is 1. The molecule has 1 aromatic carbocycles. The van der Waals surface area contributed by atoms with E-state index in [4.69, 9.17) is 0 Å². The molecule has 2 aliphatic rings. The van der Waals surface area contributed by atoms with Crippen LogP contribution in [0, 0.1) is 5.92 Å². The third-order valence-electron chi connectivity index (χ3n) is 6.28. The summed E-state index contributed by atoms with van der Waals surface area (Å²) in [6.45, 7) is 3.66. The van der Waals surface area contributed by atoms with Crippen LogP contribution in [0.15, 0.2) is 34.7 Å². The normalized spacial score (nSPS) is 21.8. The van der Waals surface area contributed by atoms with Crippen molar-refractivity contribution in [3.8, 4) is 0 Å². The van der Waals surface area contributed by atoms with Gasteiger partial charge in [0.15, 0.2) is 0 Å². The summed E-state index contributed by atoms with van der Waals surface area (Å²) < 4.78 is 27.8. The first-order valence-corrected chi connectivity index (χ1v) is 13.2. The molecule has 2 aromatic rings. The molecule has 1 aliphatic heterocycles. The van der Waals surface area contributed by atoms with Gasteiger partial charge >= 0.3 is 0 Å². The van der Waals surface area contributed by atoms with Gasteiger partial charge in [0.05, 0.1) is 10.8 Å². The molecule has 1 saturated heterocycles. The van der Waals surface area contributed by atoms with Crippen molar-refractivity contribution >= 4 is 32.4 Å². The van der Waals surface area contributed by atoms with Crippen molar-refractivity contribution in [2.75, 3.05) is 25.0 Å². The van der Waals surface area contributed by atoms with Crippen LogP contribution in [0.3, 0.4) is 0 Å². The Morgan fingerprint density at radius 1 is 1.29 bits per heavy atom. The fourth-order valence-corrected chi connectivity index (χ4v) is 6.66. The number of rotatable bonds is 7. The molecule has 168 valence electrons. The van der Waals surface area contributed by atoms with Gasteiger partial charge in [-0.25, -0.2) is 8.42 Å². The van der Waals surface area contributed by atoms with Gasteiger partial charge in [-0.05, 0) is 37.0 Å². The summed E-state index contributed by atoms with van der Waals surface area (Å²) in [7, 11) is -3.56. The predicted molar refractivity (Wildman–Crippen MR) is 121 cm³/mol. The molecule has 1 amide bonds. The number of carbonyl (C=O) groups excluding carboxylic acids is 1. The highest BCUT2D eigenvalue weighted by Gasteiger charge is 2.32. The van der Waals surface area contributed by atoms with E-state index in [0.29, 0.717) is 30.7 Å². The maximum atomic E-state index is 13.1. The highest BCUT2D eigenvalue weighted by Crippen LogP contribution is 2.35. The lowest BCUT2D eigenvalue weighted by Gasteiger charge is -2.32. The molecule has 1 aromatic heterocycles. The highest BCUT2D eigenvalue weighted by molar-refractivity contribution is 7.89. The summed E-state index contributed by atoms with van der Waals surface area (Å²) in [5.74, 6) is 0.0483. The molecule has 0 radical (unpaired) electrons. The summed E-state index contributed by atoms with van der Waals surface area (Å²) >= 11 is 1.28. The number of piperazine rings is 1. The molecule has 1 saturated carbocycles. The third-order valence-corrected chi connectivity index (χ3v) is 8.91. The van der Waals surface area contributed by atoms with Gasteiger partial charge in [-0.1, -0.05) is 49.2 Å². The first kappa shape index (κ1) is 22.3. The lowest BCUT2D eigenvalue weighted by molar-refractivity contribution is -0.118. The molecule has 2 heterocycles. The van der Waals surface area contributed by atoms with Crippen LogP contribution in [0.4, 0.5) is 5.13 Å². The molecule has 1 unspecified atom stereocenters. The molecule has 2 atom stereocenters. The van der Waals surface area contributed by atoms with Crippen LogP contribution >= 0.6 is 11.3 Å². The van der Waals surface area contributed by atoms with Crippen molar-refractivity contribution in [1.29, 1.82) is 0 Å². The number of hydrogen-bond acceptors (Lipinski definition) is 7. The second kappa shape index (κ2) is 9.72. The minimum atomic E-state index is -3.56. The fraction of sp³-hybridized carbons (Fsp3) is 0.571. The number of benzene rings is 1. The fourth-order valence-electron chi connectivity index (χ4n) is 4.58. The number of anilines is 1. The average molecular weight is 464 g/mol. The Labute approximate surface area is 187 Å². The van der Waals surface area contributed by atoms with Crippen molar-refractivity contribution in [2.24, 2.45) is 5.92 Å². The average Bonchev–Trinajstić information content (AvgIpc) is 3.46. The zero-order valence-electron chi connectivity index (χ0n) is 17.7. The van der Waals surface area contributed by atoms with Crippen molar-refractivity contribution in [3.63, 3.8) is 0 Å². The minimum absolute atomic E-state index is 0.0915. The molecule has 1 aliphatic carbocycles. The van der Waals surface area contributed by atoms with Crippen LogP contribution in [-0.4, -0.2) is 54.5 Å². The van der Waals surface area contributed by atoms with Crippen LogP contribution in [0.5, 0.6) is 0 Å². The van der Waals surface area contributed by atoms with E-state index in [1.807, 2.05) is 6.92 Å². The van der Waals surface area contributed by atoms with E-state index < -0.39 is 10.0 Å². The Hall–Kier alpha value is -1.88. The quantitative estimate of drug-likeness (QED) is 0.654. The summed E-state index contributed by atoms with van der Waals surface area (Å²) in [5.41, 5.74) is 2.42. The molecule has 4 rings (SSSR count). The van der Waals surface area contributed by atoms with Gasteiger partial charge < -0.3 is 5.32 Å². The summed E-state index contributed by atoms with van der Waals surface area (Å²) in [5, 5.41) is 14.3. The first-order chi connectivity index (χ1) is 14.9. The Balaban J connectivity index is 1.55. The first-order valence-electron chi connectivity index (χ1n) is 10.8. The van der Waals surface area contributed by atoms with E-state index in [9.17, 15) is 13.2 Å². The van der Waals surface area contributed by atoms with Crippen molar-refractivity contribution in [3.05, 3.63) is 35.3 Å². The number of aromatic nitrogens is 2. The van der Waals surface area contributed by atoms with Crippen molar-refractivity contribution < 1.29 is 13.2 Å². The van der Waals surface area contributed by atoms with Gasteiger partial charge in [0, 0.05) is 25.7 Å². The molecule has 8 nitrogen and oxygen atoms in total. The van der Waals surface area contributed by atoms with Crippen LogP contribution in [-0.2, 0) is 14.8 Å². The molecular weight excluding hydrogens is 434 g/mol. The highest BCUT2D eigenvalue weighted by atomic mass is 32.2. The molecule has 2 N–H and O–H groups in total. The SMILES string of the molecule is CC1CNCCN1S(=O)(=O)c1ccc([C@@H](CC2CCCC2)C(=O)Nc2nncs2)cc1. The largest absolute Gasteiger partial charge is 0.314 e. The maximum absolute atomic E-state index is 13.1. The molecule has 0 spiro atoms. The summed E-state index contributed by atoms with van der Waals surface area (Å²) in [6.07, 6.45) is 5.43. The lowest BCUT2D eigenvalue weighted by atomic mass is 9.87. The monoisotopic (exact) mass is 463 g/mol. The Bertz CT molecular complexity index is 973. The number of hydrogen-bond donors (Lipinski definition) is 2. The van der Waals surface area contributed by atoms with E-state index in [0.717, 1.165) is 24.8 Å². The van der Waals surface area contributed by atoms with Gasteiger partial charge in [0.2, 0.25) is 21.1 Å². The van der Waals surface area contributed by atoms with Gasteiger partial charge in [-0.15, -0.1) is 10.2 Å². The van der Waals surface area contributed by atoms with Crippen molar-refractivity contribution in [1.82, 2.24) is 19.8 Å². The lowest BCUT2D eigenvalue weighted by Crippen LogP contribution is -2.52. The van der Waals surface area contributed by atoms with E-state index in [-0.39, 0.29) is 22.8 Å². The second-order valence-corrected chi connectivity index (χ2v) is 11.1. The van der Waals surface area contributed by atoms with Gasteiger partial charge in [0.1, 0.15) is 5.51 Å². The Morgan fingerprint density at radius 2 is 2.03 bits per heavy atom. The maximum Gasteiger partial charge on any atom is 0.243 e. The summed E-state index contributed by atoms with van der Waals surface area (Å²) in [4.78, 5) is 13.3. The van der Waals surface area contributed by atoms with Crippen LogP contribution in [0.1, 0.15) is 50.5 Å². The van der Waals surface area contributed by atoms with E-state index in [1.165, 1.54) is 24.2 Å². The standard InChI is InChI=1S/C21H29N5O3S2/c1-15-13-22-10-11-26(15)31(28,29)18-8-6-17(7-9-18)19(12-16-4-2-3-5-16)20(27)24-21-25-23-14-30-21/h6-9,14-16,19,22H,2-5,10-13H2,1H3,(H,24,25,27)/t15?,19-/m1/s1. The van der Waals surface area contributed by atoms with Crippen LogP contribution in [0.2, 0.25) is 0 Å². The zero-order valence-corrected chi connectivity index (χ0v) is 19.3. The van der Waals surface area contributed by atoms with Gasteiger partial charge in [-0.3, -0.25) is 10.1 Å². The van der Waals surface area contributed by atoms with Crippen LogP contribution in [0.25, 0.3) is 0 Å². The number of carbonyl (C=O) groups is 1. The third kappa shape index (κ3) is 5.14. The molecular formula is C21H29N5O3S2. The van der Waals surface area contributed by atoms with E-state index >= 15 is 0 Å². The Morgan fingerprint density at radius 3 is 2.68 bits per heavy atom.